The first-order chi connectivity index (χ1) is 14.1. The molecule has 3 aromatic rings. The van der Waals surface area contributed by atoms with Crippen LogP contribution in [-0.4, -0.2) is 11.6 Å². The van der Waals surface area contributed by atoms with Crippen LogP contribution in [0.4, 0.5) is 5.69 Å². The number of anilines is 1. The standard InChI is InChI=1S/C24H19IN2O2/c1-17-22(24(28)27(26-17)21-8-3-2-4-9-21)15-19-7-5-6-10-23(19)29-16-18-11-13-20(25)14-12-18/h2-15H,16H2,1H3/b22-15+. The van der Waals surface area contributed by atoms with Crippen molar-refractivity contribution in [3.8, 4) is 5.75 Å². The Labute approximate surface area is 183 Å². The lowest BCUT2D eigenvalue weighted by atomic mass is 10.1. The Balaban J connectivity index is 1.57. The number of nitrogens with zero attached hydrogens (tertiary/aromatic N) is 2. The van der Waals surface area contributed by atoms with E-state index in [-0.39, 0.29) is 5.91 Å². The van der Waals surface area contributed by atoms with Gasteiger partial charge in [0.15, 0.2) is 0 Å². The van der Waals surface area contributed by atoms with E-state index in [0.29, 0.717) is 17.9 Å². The zero-order valence-electron chi connectivity index (χ0n) is 15.9. The van der Waals surface area contributed by atoms with Crippen LogP contribution in [0.15, 0.2) is 89.5 Å². The van der Waals surface area contributed by atoms with Gasteiger partial charge >= 0.3 is 0 Å². The minimum atomic E-state index is -0.138. The molecule has 0 bridgehead atoms. The third-order valence-corrected chi connectivity index (χ3v) is 5.31. The van der Waals surface area contributed by atoms with Crippen molar-refractivity contribution in [2.24, 2.45) is 5.10 Å². The summed E-state index contributed by atoms with van der Waals surface area (Å²) in [7, 11) is 0. The van der Waals surface area contributed by atoms with Gasteiger partial charge in [-0.1, -0.05) is 48.5 Å². The SMILES string of the molecule is CC1=NN(c2ccccc2)C(=O)/C1=C/c1ccccc1OCc1ccc(I)cc1. The highest BCUT2D eigenvalue weighted by atomic mass is 127. The number of amides is 1. The minimum absolute atomic E-state index is 0.138. The molecule has 0 N–H and O–H groups in total. The number of ether oxygens (including phenoxy) is 1. The summed E-state index contributed by atoms with van der Waals surface area (Å²) >= 11 is 2.28. The zero-order valence-corrected chi connectivity index (χ0v) is 18.0. The second-order valence-corrected chi connectivity index (χ2v) is 7.89. The van der Waals surface area contributed by atoms with E-state index in [1.807, 2.05) is 67.6 Å². The third kappa shape index (κ3) is 4.40. The zero-order chi connectivity index (χ0) is 20.2. The first-order valence-corrected chi connectivity index (χ1v) is 10.3. The molecular weight excluding hydrogens is 475 g/mol. The summed E-state index contributed by atoms with van der Waals surface area (Å²) in [5.41, 5.74) is 3.96. The summed E-state index contributed by atoms with van der Waals surface area (Å²) in [6.07, 6.45) is 1.85. The number of carbonyl (C=O) groups is 1. The van der Waals surface area contributed by atoms with Gasteiger partial charge in [-0.3, -0.25) is 4.79 Å². The molecule has 1 amide bonds. The molecule has 0 aromatic heterocycles. The number of halogens is 1. The highest BCUT2D eigenvalue weighted by Crippen LogP contribution is 2.28. The maximum atomic E-state index is 12.9. The fourth-order valence-electron chi connectivity index (χ4n) is 3.06. The Bertz CT molecular complexity index is 1090. The summed E-state index contributed by atoms with van der Waals surface area (Å²) in [6.45, 7) is 2.32. The summed E-state index contributed by atoms with van der Waals surface area (Å²) in [4.78, 5) is 12.9. The van der Waals surface area contributed by atoms with E-state index in [0.717, 1.165) is 22.6 Å². The molecule has 4 nitrogen and oxygen atoms in total. The van der Waals surface area contributed by atoms with Crippen molar-refractivity contribution < 1.29 is 9.53 Å². The van der Waals surface area contributed by atoms with E-state index >= 15 is 0 Å². The Kier molecular flexibility index (Phi) is 5.76. The molecule has 4 rings (SSSR count). The average Bonchev–Trinajstić information content (AvgIpc) is 3.03. The van der Waals surface area contributed by atoms with Crippen molar-refractivity contribution in [2.45, 2.75) is 13.5 Å². The number of rotatable bonds is 5. The van der Waals surface area contributed by atoms with Gasteiger partial charge in [-0.05, 0) is 71.5 Å². The maximum Gasteiger partial charge on any atom is 0.280 e. The number of hydrogen-bond donors (Lipinski definition) is 0. The highest BCUT2D eigenvalue weighted by molar-refractivity contribution is 14.1. The van der Waals surface area contributed by atoms with Crippen LogP contribution in [0, 0.1) is 3.57 Å². The van der Waals surface area contributed by atoms with Crippen LogP contribution >= 0.6 is 22.6 Å². The van der Waals surface area contributed by atoms with E-state index in [4.69, 9.17) is 4.74 Å². The molecule has 0 fully saturated rings. The summed E-state index contributed by atoms with van der Waals surface area (Å²) in [6, 6.07) is 25.4. The monoisotopic (exact) mass is 494 g/mol. The van der Waals surface area contributed by atoms with Gasteiger partial charge in [-0.15, -0.1) is 0 Å². The minimum Gasteiger partial charge on any atom is -0.488 e. The topological polar surface area (TPSA) is 41.9 Å². The number of hydrazone groups is 1. The van der Waals surface area contributed by atoms with Crippen LogP contribution in [0.1, 0.15) is 18.1 Å². The molecule has 1 aliphatic rings. The molecular formula is C24H19IN2O2. The number of benzene rings is 3. The normalized spacial score (nSPS) is 15.0. The summed E-state index contributed by atoms with van der Waals surface area (Å²) < 4.78 is 7.23. The largest absolute Gasteiger partial charge is 0.488 e. The summed E-state index contributed by atoms with van der Waals surface area (Å²) in [5, 5.41) is 5.88. The lowest BCUT2D eigenvalue weighted by Crippen LogP contribution is -2.21. The quantitative estimate of drug-likeness (QED) is 0.339. The Morgan fingerprint density at radius 1 is 0.966 bits per heavy atom. The van der Waals surface area contributed by atoms with Crippen LogP contribution in [-0.2, 0) is 11.4 Å². The van der Waals surface area contributed by atoms with Gasteiger partial charge in [0.1, 0.15) is 12.4 Å². The molecule has 0 saturated carbocycles. The average molecular weight is 494 g/mol. The molecule has 29 heavy (non-hydrogen) atoms. The number of carbonyl (C=O) groups excluding carboxylic acids is 1. The number of para-hydroxylation sites is 2. The van der Waals surface area contributed by atoms with Crippen molar-refractivity contribution in [2.75, 3.05) is 5.01 Å². The van der Waals surface area contributed by atoms with Crippen LogP contribution in [0.2, 0.25) is 0 Å². The first kappa shape index (κ1) is 19.4. The Hall–Kier alpha value is -2.93. The van der Waals surface area contributed by atoms with E-state index < -0.39 is 0 Å². The van der Waals surface area contributed by atoms with Crippen molar-refractivity contribution >= 4 is 46.0 Å². The molecule has 0 atom stereocenters. The van der Waals surface area contributed by atoms with E-state index in [9.17, 15) is 4.79 Å². The van der Waals surface area contributed by atoms with Gasteiger partial charge in [0.2, 0.25) is 0 Å². The van der Waals surface area contributed by atoms with Gasteiger partial charge in [0.05, 0.1) is 17.0 Å². The Morgan fingerprint density at radius 3 is 2.41 bits per heavy atom. The van der Waals surface area contributed by atoms with Crippen molar-refractivity contribution in [1.29, 1.82) is 0 Å². The molecule has 0 aliphatic carbocycles. The van der Waals surface area contributed by atoms with Crippen molar-refractivity contribution in [3.05, 3.63) is 99.1 Å². The molecule has 5 heteroatoms. The van der Waals surface area contributed by atoms with Crippen molar-refractivity contribution in [3.63, 3.8) is 0 Å². The van der Waals surface area contributed by atoms with Crippen molar-refractivity contribution in [1.82, 2.24) is 0 Å². The molecule has 0 unspecified atom stereocenters. The predicted molar refractivity (Wildman–Crippen MR) is 125 cm³/mol. The second-order valence-electron chi connectivity index (χ2n) is 6.65. The fraction of sp³-hybridized carbons (Fsp3) is 0.0833. The molecule has 144 valence electrons. The van der Waals surface area contributed by atoms with E-state index in [2.05, 4.69) is 52.0 Å². The third-order valence-electron chi connectivity index (χ3n) is 4.59. The lowest BCUT2D eigenvalue weighted by molar-refractivity contribution is -0.114. The van der Waals surface area contributed by atoms with Gasteiger partial charge in [0.25, 0.3) is 5.91 Å². The van der Waals surface area contributed by atoms with Crippen LogP contribution in [0.25, 0.3) is 6.08 Å². The van der Waals surface area contributed by atoms with Crippen LogP contribution < -0.4 is 9.75 Å². The van der Waals surface area contributed by atoms with Crippen LogP contribution in [0.3, 0.4) is 0 Å². The molecule has 3 aromatic carbocycles. The van der Waals surface area contributed by atoms with Gasteiger partial charge in [-0.25, -0.2) is 0 Å². The molecule has 1 heterocycles. The van der Waals surface area contributed by atoms with Crippen LogP contribution in [0.5, 0.6) is 5.75 Å². The lowest BCUT2D eigenvalue weighted by Gasteiger charge is -2.12. The Morgan fingerprint density at radius 2 is 1.66 bits per heavy atom. The van der Waals surface area contributed by atoms with Gasteiger partial charge in [0, 0.05) is 9.13 Å². The molecule has 0 saturated heterocycles. The number of hydrogen-bond acceptors (Lipinski definition) is 3. The fourth-order valence-corrected chi connectivity index (χ4v) is 3.42. The molecule has 0 spiro atoms. The summed E-state index contributed by atoms with van der Waals surface area (Å²) in [5.74, 6) is 0.596. The van der Waals surface area contributed by atoms with E-state index in [1.54, 1.807) is 0 Å². The smallest absolute Gasteiger partial charge is 0.280 e. The first-order valence-electron chi connectivity index (χ1n) is 9.25. The predicted octanol–water partition coefficient (Wildman–Crippen LogP) is 5.68. The van der Waals surface area contributed by atoms with E-state index in [1.165, 1.54) is 8.58 Å². The molecule has 1 aliphatic heterocycles. The maximum absolute atomic E-state index is 12.9. The highest BCUT2D eigenvalue weighted by Gasteiger charge is 2.28. The van der Waals surface area contributed by atoms with Gasteiger partial charge in [-0.2, -0.15) is 10.1 Å². The molecule has 0 radical (unpaired) electrons. The second kappa shape index (κ2) is 8.61. The van der Waals surface area contributed by atoms with Gasteiger partial charge < -0.3 is 4.74 Å².